The smallest absolute Gasteiger partial charge is 0.261 e. The number of nitriles is 1. The summed E-state index contributed by atoms with van der Waals surface area (Å²) in [5.41, 5.74) is 0.164. The highest BCUT2D eigenvalue weighted by Gasteiger charge is 2.41. The Bertz CT molecular complexity index is 224. The molecule has 3 nitrogen and oxygen atoms in total. The van der Waals surface area contributed by atoms with Gasteiger partial charge in [-0.3, -0.25) is 0 Å². The molecule has 1 aliphatic carbocycles. The van der Waals surface area contributed by atoms with E-state index in [-0.39, 0.29) is 5.41 Å². The molecule has 1 rings (SSSR count). The van der Waals surface area contributed by atoms with E-state index in [2.05, 4.69) is 11.4 Å². The third-order valence-electron chi connectivity index (χ3n) is 2.58. The van der Waals surface area contributed by atoms with E-state index in [0.29, 0.717) is 19.6 Å². The Hall–Kier alpha value is -0.730. The molecule has 15 heavy (non-hydrogen) atoms. The van der Waals surface area contributed by atoms with Gasteiger partial charge in [-0.2, -0.15) is 5.26 Å². The molecule has 0 heterocycles. The van der Waals surface area contributed by atoms with Crippen molar-refractivity contribution >= 4 is 0 Å². The van der Waals surface area contributed by atoms with E-state index in [1.807, 2.05) is 0 Å². The highest BCUT2D eigenvalue weighted by molar-refractivity contribution is 5.00. The van der Waals surface area contributed by atoms with Crippen LogP contribution in [0.3, 0.4) is 0 Å². The van der Waals surface area contributed by atoms with Crippen LogP contribution >= 0.6 is 0 Å². The summed E-state index contributed by atoms with van der Waals surface area (Å²) in [6.07, 6.45) is 0.368. The Balaban J connectivity index is 1.91. The van der Waals surface area contributed by atoms with Crippen molar-refractivity contribution in [3.63, 3.8) is 0 Å². The second-order valence-electron chi connectivity index (χ2n) is 3.98. The monoisotopic (exact) mass is 218 g/mol. The first-order valence-corrected chi connectivity index (χ1v) is 5.12. The molecule has 0 saturated heterocycles. The average molecular weight is 218 g/mol. The fourth-order valence-electron chi connectivity index (χ4n) is 1.43. The Morgan fingerprint density at radius 3 is 2.73 bits per heavy atom. The topological polar surface area (TPSA) is 45.0 Å². The summed E-state index contributed by atoms with van der Waals surface area (Å²) in [6.45, 7) is 1.16. The van der Waals surface area contributed by atoms with E-state index in [9.17, 15) is 8.78 Å². The van der Waals surface area contributed by atoms with E-state index < -0.39 is 13.0 Å². The first-order chi connectivity index (χ1) is 7.18. The van der Waals surface area contributed by atoms with Crippen LogP contribution in [0.4, 0.5) is 8.78 Å². The molecule has 0 bridgehead atoms. The summed E-state index contributed by atoms with van der Waals surface area (Å²) in [7, 11) is 0. The van der Waals surface area contributed by atoms with Crippen LogP contribution in [0.5, 0.6) is 0 Å². The molecule has 1 saturated carbocycles. The number of hydrogen-bond acceptors (Lipinski definition) is 3. The number of halogens is 2. The maximum Gasteiger partial charge on any atom is 0.261 e. The summed E-state index contributed by atoms with van der Waals surface area (Å²) < 4.78 is 28.0. The lowest BCUT2D eigenvalue weighted by Crippen LogP contribution is -2.27. The standard InChI is InChI=1S/C10H16F2N2O/c11-9(12)7-15-6-5-14-8-10(1-2-10)3-4-13/h9,14H,1-3,5-8H2. The Morgan fingerprint density at radius 2 is 2.20 bits per heavy atom. The van der Waals surface area contributed by atoms with Crippen molar-refractivity contribution in [3.8, 4) is 6.07 Å². The lowest BCUT2D eigenvalue weighted by Gasteiger charge is -2.12. The van der Waals surface area contributed by atoms with Gasteiger partial charge in [-0.1, -0.05) is 0 Å². The average Bonchev–Trinajstić information content (AvgIpc) is 2.92. The second kappa shape index (κ2) is 5.99. The van der Waals surface area contributed by atoms with Crippen molar-refractivity contribution in [1.82, 2.24) is 5.32 Å². The van der Waals surface area contributed by atoms with E-state index in [1.54, 1.807) is 0 Å². The van der Waals surface area contributed by atoms with E-state index in [4.69, 9.17) is 10.00 Å². The van der Waals surface area contributed by atoms with Crippen LogP contribution in [-0.2, 0) is 4.74 Å². The first kappa shape index (κ1) is 12.3. The number of rotatable bonds is 8. The lowest BCUT2D eigenvalue weighted by molar-refractivity contribution is 0.0185. The van der Waals surface area contributed by atoms with Crippen molar-refractivity contribution < 1.29 is 13.5 Å². The molecule has 0 unspecified atom stereocenters. The molecule has 0 aliphatic heterocycles. The van der Waals surface area contributed by atoms with E-state index >= 15 is 0 Å². The van der Waals surface area contributed by atoms with Crippen LogP contribution in [0.15, 0.2) is 0 Å². The zero-order valence-electron chi connectivity index (χ0n) is 8.64. The van der Waals surface area contributed by atoms with Gasteiger partial charge in [0, 0.05) is 19.5 Å². The number of nitrogens with one attached hydrogen (secondary N) is 1. The first-order valence-electron chi connectivity index (χ1n) is 5.12. The summed E-state index contributed by atoms with van der Waals surface area (Å²) in [6, 6.07) is 2.17. The molecule has 1 aliphatic rings. The normalized spacial score (nSPS) is 17.7. The summed E-state index contributed by atoms with van der Waals surface area (Å²) in [4.78, 5) is 0. The van der Waals surface area contributed by atoms with Crippen LogP contribution in [0.2, 0.25) is 0 Å². The minimum atomic E-state index is -2.39. The predicted octanol–water partition coefficient (Wildman–Crippen LogP) is 1.55. The molecule has 1 N–H and O–H groups in total. The number of alkyl halides is 2. The highest BCUT2D eigenvalue weighted by Crippen LogP contribution is 2.47. The molecule has 5 heteroatoms. The molecule has 0 aromatic heterocycles. The van der Waals surface area contributed by atoms with Crippen molar-refractivity contribution in [1.29, 1.82) is 5.26 Å². The molecule has 0 atom stereocenters. The number of ether oxygens (including phenoxy) is 1. The zero-order chi connectivity index (χ0) is 11.1. The SMILES string of the molecule is N#CCC1(CNCCOCC(F)F)CC1. The molecule has 0 amide bonds. The van der Waals surface area contributed by atoms with Crippen LogP contribution in [-0.4, -0.2) is 32.7 Å². The molecule has 0 radical (unpaired) electrons. The van der Waals surface area contributed by atoms with Gasteiger partial charge >= 0.3 is 0 Å². The van der Waals surface area contributed by atoms with E-state index in [0.717, 1.165) is 19.4 Å². The Morgan fingerprint density at radius 1 is 1.47 bits per heavy atom. The van der Waals surface area contributed by atoms with Gasteiger partial charge in [-0.25, -0.2) is 8.78 Å². The highest BCUT2D eigenvalue weighted by atomic mass is 19.3. The fraction of sp³-hybridized carbons (Fsp3) is 0.900. The largest absolute Gasteiger partial charge is 0.374 e. The van der Waals surface area contributed by atoms with Crippen molar-refractivity contribution in [3.05, 3.63) is 0 Å². The Kier molecular flexibility index (Phi) is 4.92. The lowest BCUT2D eigenvalue weighted by atomic mass is 10.0. The van der Waals surface area contributed by atoms with Gasteiger partial charge in [-0.15, -0.1) is 0 Å². The molecule has 1 fully saturated rings. The van der Waals surface area contributed by atoms with Gasteiger partial charge in [0.25, 0.3) is 6.43 Å². The number of nitrogens with zero attached hydrogens (tertiary/aromatic N) is 1. The molecular weight excluding hydrogens is 202 g/mol. The van der Waals surface area contributed by atoms with Gasteiger partial charge < -0.3 is 10.1 Å². The molecule has 86 valence electrons. The quantitative estimate of drug-likeness (QED) is 0.629. The molecule has 0 aromatic carbocycles. The van der Waals surface area contributed by atoms with Gasteiger partial charge in [-0.05, 0) is 18.3 Å². The van der Waals surface area contributed by atoms with Crippen LogP contribution in [0, 0.1) is 16.7 Å². The maximum atomic E-state index is 11.7. The Labute approximate surface area is 88.4 Å². The predicted molar refractivity (Wildman–Crippen MR) is 51.6 cm³/mol. The summed E-state index contributed by atoms with van der Waals surface area (Å²) in [5, 5.41) is 11.7. The summed E-state index contributed by atoms with van der Waals surface area (Å²) >= 11 is 0. The van der Waals surface area contributed by atoms with Crippen molar-refractivity contribution in [2.45, 2.75) is 25.7 Å². The number of hydrogen-bond donors (Lipinski definition) is 1. The third kappa shape index (κ3) is 5.05. The maximum absolute atomic E-state index is 11.7. The van der Waals surface area contributed by atoms with Crippen LogP contribution < -0.4 is 5.32 Å². The fourth-order valence-corrected chi connectivity index (χ4v) is 1.43. The van der Waals surface area contributed by atoms with Gasteiger partial charge in [0.1, 0.15) is 6.61 Å². The second-order valence-corrected chi connectivity index (χ2v) is 3.98. The van der Waals surface area contributed by atoms with Crippen molar-refractivity contribution in [2.24, 2.45) is 5.41 Å². The van der Waals surface area contributed by atoms with Gasteiger partial charge in [0.15, 0.2) is 0 Å². The zero-order valence-corrected chi connectivity index (χ0v) is 8.64. The van der Waals surface area contributed by atoms with Crippen LogP contribution in [0.25, 0.3) is 0 Å². The van der Waals surface area contributed by atoms with Gasteiger partial charge in [0.05, 0.1) is 12.7 Å². The third-order valence-corrected chi connectivity index (χ3v) is 2.58. The minimum absolute atomic E-state index is 0.164. The molecular formula is C10H16F2N2O. The summed E-state index contributed by atoms with van der Waals surface area (Å²) in [5.74, 6) is 0. The van der Waals surface area contributed by atoms with Crippen LogP contribution in [0.1, 0.15) is 19.3 Å². The van der Waals surface area contributed by atoms with Crippen molar-refractivity contribution in [2.75, 3.05) is 26.3 Å². The molecule has 0 aromatic rings. The van der Waals surface area contributed by atoms with Gasteiger partial charge in [0.2, 0.25) is 0 Å². The minimum Gasteiger partial charge on any atom is -0.374 e. The van der Waals surface area contributed by atoms with E-state index in [1.165, 1.54) is 0 Å². The molecule has 0 spiro atoms.